The third kappa shape index (κ3) is 3.88. The molecule has 8 heteroatoms. The van der Waals surface area contributed by atoms with Crippen molar-refractivity contribution in [1.82, 2.24) is 24.3 Å². The van der Waals surface area contributed by atoms with Gasteiger partial charge in [0.25, 0.3) is 0 Å². The average Bonchev–Trinajstić information content (AvgIpc) is 3.40. The third-order valence-electron chi connectivity index (χ3n) is 5.72. The first-order valence-electron chi connectivity index (χ1n) is 10.5. The van der Waals surface area contributed by atoms with Crippen molar-refractivity contribution < 1.29 is 0 Å². The van der Waals surface area contributed by atoms with Crippen molar-refractivity contribution in [1.29, 1.82) is 0 Å². The smallest absolute Gasteiger partial charge is 0.152 e. The number of aromatic nitrogens is 5. The van der Waals surface area contributed by atoms with E-state index < -0.39 is 0 Å². The van der Waals surface area contributed by atoms with E-state index >= 15 is 0 Å². The summed E-state index contributed by atoms with van der Waals surface area (Å²) in [6.07, 6.45) is 9.92. The first-order valence-corrected chi connectivity index (χ1v) is 11.2. The summed E-state index contributed by atoms with van der Waals surface area (Å²) in [5.74, 6) is 0.826. The van der Waals surface area contributed by atoms with Crippen molar-refractivity contribution in [2.45, 2.75) is 13.0 Å². The zero-order chi connectivity index (χ0) is 22.4. The van der Waals surface area contributed by atoms with Gasteiger partial charge in [-0.15, -0.1) is 0 Å². The van der Waals surface area contributed by atoms with Gasteiger partial charge >= 0.3 is 0 Å². The molecule has 33 heavy (non-hydrogen) atoms. The molecule has 1 aromatic carbocycles. The van der Waals surface area contributed by atoms with Gasteiger partial charge in [-0.1, -0.05) is 29.3 Å². The van der Waals surface area contributed by atoms with Crippen LogP contribution in [0.25, 0.3) is 27.5 Å². The van der Waals surface area contributed by atoms with E-state index in [4.69, 9.17) is 23.2 Å². The fourth-order valence-electron chi connectivity index (χ4n) is 4.08. The number of nitrogens with zero attached hydrogens (tertiary/aromatic N) is 4. The quantitative estimate of drug-likeness (QED) is 0.310. The molecule has 0 unspecified atom stereocenters. The molecule has 6 nitrogen and oxygen atoms in total. The molecule has 0 spiro atoms. The van der Waals surface area contributed by atoms with E-state index in [9.17, 15) is 0 Å². The molecule has 6 aromatic rings. The van der Waals surface area contributed by atoms with E-state index in [1.54, 1.807) is 12.4 Å². The van der Waals surface area contributed by atoms with E-state index in [-0.39, 0.29) is 0 Å². The van der Waals surface area contributed by atoms with Crippen LogP contribution in [0.3, 0.4) is 0 Å². The lowest BCUT2D eigenvalue weighted by molar-refractivity contribution is 1.11. The third-order valence-corrected chi connectivity index (χ3v) is 6.24. The van der Waals surface area contributed by atoms with Crippen LogP contribution in [0, 0.1) is 0 Å². The van der Waals surface area contributed by atoms with E-state index in [1.165, 1.54) is 11.1 Å². The van der Waals surface area contributed by atoms with Crippen LogP contribution in [0.4, 0.5) is 5.82 Å². The van der Waals surface area contributed by atoms with Crippen molar-refractivity contribution in [2.75, 3.05) is 5.32 Å². The highest BCUT2D eigenvalue weighted by molar-refractivity contribution is 6.35. The number of benzene rings is 1. The Bertz CT molecular complexity index is 1640. The van der Waals surface area contributed by atoms with Crippen LogP contribution in [0.5, 0.6) is 0 Å². The molecule has 0 radical (unpaired) electrons. The van der Waals surface area contributed by atoms with Crippen molar-refractivity contribution in [3.8, 4) is 0 Å². The van der Waals surface area contributed by atoms with Gasteiger partial charge in [0.2, 0.25) is 0 Å². The van der Waals surface area contributed by atoms with Gasteiger partial charge in [-0.2, -0.15) is 0 Å². The molecule has 0 fully saturated rings. The van der Waals surface area contributed by atoms with E-state index in [2.05, 4.69) is 49.5 Å². The summed E-state index contributed by atoms with van der Waals surface area (Å²) in [6, 6.07) is 14.6. The SMILES string of the molecule is Clc1cnc2ccc(Cc3ccn4cnc(NCc5cnc6[nH]cc(Cl)c6c5)c4c3)cc2c1. The van der Waals surface area contributed by atoms with Crippen molar-refractivity contribution in [3.63, 3.8) is 0 Å². The molecule has 5 heterocycles. The van der Waals surface area contributed by atoms with Crippen molar-refractivity contribution >= 4 is 56.5 Å². The predicted molar refractivity (Wildman–Crippen MR) is 133 cm³/mol. The van der Waals surface area contributed by atoms with Gasteiger partial charge in [0, 0.05) is 42.1 Å². The van der Waals surface area contributed by atoms with E-state index in [0.29, 0.717) is 16.6 Å². The molecular formula is C25H18Cl2N6. The molecule has 2 N–H and O–H groups in total. The summed E-state index contributed by atoms with van der Waals surface area (Å²) >= 11 is 12.3. The lowest BCUT2D eigenvalue weighted by atomic mass is 10.0. The molecule has 0 saturated heterocycles. The highest BCUT2D eigenvalue weighted by atomic mass is 35.5. The van der Waals surface area contributed by atoms with E-state index in [1.807, 2.05) is 41.3 Å². The maximum absolute atomic E-state index is 6.23. The van der Waals surface area contributed by atoms with Crippen molar-refractivity contribution in [2.24, 2.45) is 0 Å². The van der Waals surface area contributed by atoms with Crippen LogP contribution >= 0.6 is 23.2 Å². The van der Waals surface area contributed by atoms with Crippen LogP contribution in [0.15, 0.2) is 73.6 Å². The first-order chi connectivity index (χ1) is 16.1. The second kappa shape index (κ2) is 8.06. The Morgan fingerprint density at radius 2 is 1.82 bits per heavy atom. The van der Waals surface area contributed by atoms with Gasteiger partial charge < -0.3 is 14.7 Å². The second-order valence-electron chi connectivity index (χ2n) is 8.01. The number of aromatic amines is 1. The van der Waals surface area contributed by atoms with Crippen LogP contribution in [0.1, 0.15) is 16.7 Å². The number of fused-ring (bicyclic) bond motifs is 3. The summed E-state index contributed by atoms with van der Waals surface area (Å²) in [5.41, 5.74) is 6.17. The molecule has 0 atom stereocenters. The maximum atomic E-state index is 6.23. The second-order valence-corrected chi connectivity index (χ2v) is 8.85. The fraction of sp³-hybridized carbons (Fsp3) is 0.0800. The van der Waals surface area contributed by atoms with E-state index in [0.717, 1.165) is 45.3 Å². The van der Waals surface area contributed by atoms with Crippen LogP contribution in [-0.2, 0) is 13.0 Å². The van der Waals surface area contributed by atoms with Gasteiger partial charge in [0.1, 0.15) is 12.0 Å². The summed E-state index contributed by atoms with van der Waals surface area (Å²) in [7, 11) is 0. The minimum absolute atomic E-state index is 0.597. The number of pyridine rings is 3. The monoisotopic (exact) mass is 472 g/mol. The predicted octanol–water partition coefficient (Wildman–Crippen LogP) is 6.27. The molecule has 0 aliphatic carbocycles. The summed E-state index contributed by atoms with van der Waals surface area (Å²) < 4.78 is 2.01. The number of hydrogen-bond acceptors (Lipinski definition) is 4. The van der Waals surface area contributed by atoms with Crippen LogP contribution in [0.2, 0.25) is 10.0 Å². The fourth-order valence-corrected chi connectivity index (χ4v) is 4.44. The highest BCUT2D eigenvalue weighted by Gasteiger charge is 2.08. The average molecular weight is 473 g/mol. The summed E-state index contributed by atoms with van der Waals surface area (Å²) in [6.45, 7) is 0.597. The number of nitrogens with one attached hydrogen (secondary N) is 2. The topological polar surface area (TPSA) is 70.9 Å². The molecule has 162 valence electrons. The maximum Gasteiger partial charge on any atom is 0.152 e. The number of imidazole rings is 1. The number of halogens is 2. The molecule has 0 aliphatic rings. The minimum Gasteiger partial charge on any atom is -0.364 e. The van der Waals surface area contributed by atoms with Crippen molar-refractivity contribution in [3.05, 3.63) is 100 Å². The number of anilines is 1. The van der Waals surface area contributed by atoms with Crippen LogP contribution < -0.4 is 5.32 Å². The normalized spacial score (nSPS) is 11.6. The Labute approximate surface area is 199 Å². The molecule has 5 aromatic heterocycles. The number of hydrogen-bond donors (Lipinski definition) is 2. The van der Waals surface area contributed by atoms with Gasteiger partial charge in [-0.05, 0) is 59.5 Å². The largest absolute Gasteiger partial charge is 0.364 e. The van der Waals surface area contributed by atoms with Gasteiger partial charge in [0.15, 0.2) is 5.82 Å². The molecule has 0 amide bonds. The summed E-state index contributed by atoms with van der Waals surface area (Å²) in [5, 5.41) is 6.70. The van der Waals surface area contributed by atoms with Gasteiger partial charge in [-0.3, -0.25) is 4.98 Å². The lowest BCUT2D eigenvalue weighted by Gasteiger charge is -2.07. The zero-order valence-electron chi connectivity index (χ0n) is 17.4. The van der Waals surface area contributed by atoms with Gasteiger partial charge in [-0.25, -0.2) is 9.97 Å². The molecule has 0 aliphatic heterocycles. The molecule has 6 rings (SSSR count). The van der Waals surface area contributed by atoms with Crippen LogP contribution in [-0.4, -0.2) is 24.3 Å². The first kappa shape index (κ1) is 20.0. The Morgan fingerprint density at radius 3 is 2.76 bits per heavy atom. The standard InChI is InChI=1S/C25H18Cl2N6/c26-19-9-18-6-15(1-2-22(18)28-12-19)5-16-3-4-33-14-32-25(23(33)8-16)30-11-17-7-20-21(27)13-31-24(20)29-10-17/h1-4,6-10,12-14,30H,5,11H2,(H,29,31). The highest BCUT2D eigenvalue weighted by Crippen LogP contribution is 2.24. The Balaban J connectivity index is 1.25. The summed E-state index contributed by atoms with van der Waals surface area (Å²) in [4.78, 5) is 16.4. The zero-order valence-corrected chi connectivity index (χ0v) is 18.9. The molecular weight excluding hydrogens is 455 g/mol. The lowest BCUT2D eigenvalue weighted by Crippen LogP contribution is -2.01. The van der Waals surface area contributed by atoms with Gasteiger partial charge in [0.05, 0.1) is 21.1 Å². The number of H-pyrrole nitrogens is 1. The minimum atomic E-state index is 0.597. The number of rotatable bonds is 5. The molecule has 0 saturated carbocycles. The Morgan fingerprint density at radius 1 is 0.909 bits per heavy atom. The molecule has 0 bridgehead atoms. The Kier molecular flexibility index (Phi) is 4.89. The Hall–Kier alpha value is -3.61.